The summed E-state index contributed by atoms with van der Waals surface area (Å²) in [4.78, 5) is 27.8. The average Bonchev–Trinajstić information content (AvgIpc) is 3.07. The van der Waals surface area contributed by atoms with Gasteiger partial charge in [-0.25, -0.2) is 4.39 Å². The molecule has 1 saturated heterocycles. The van der Waals surface area contributed by atoms with Crippen molar-refractivity contribution in [3.63, 3.8) is 0 Å². The maximum absolute atomic E-state index is 13.8. The molecule has 7 heteroatoms. The summed E-state index contributed by atoms with van der Waals surface area (Å²) in [5.74, 6) is -2.07. The molecular weight excluding hydrogens is 445 g/mol. The van der Waals surface area contributed by atoms with Crippen molar-refractivity contribution in [2.75, 3.05) is 12.0 Å². The number of carbonyl (C=O) groups is 2. The van der Waals surface area contributed by atoms with Gasteiger partial charge in [0.1, 0.15) is 17.3 Å². The minimum absolute atomic E-state index is 0.118. The number of ketones is 1. The van der Waals surface area contributed by atoms with E-state index in [4.69, 9.17) is 16.3 Å². The second kappa shape index (κ2) is 8.71. The fraction of sp³-hybridized carbons (Fsp3) is 0.154. The molecule has 33 heavy (non-hydrogen) atoms. The Bertz CT molecular complexity index is 1320. The van der Waals surface area contributed by atoms with Crippen LogP contribution in [0.3, 0.4) is 0 Å². The van der Waals surface area contributed by atoms with E-state index in [2.05, 4.69) is 0 Å². The van der Waals surface area contributed by atoms with Gasteiger partial charge in [-0.15, -0.1) is 0 Å². The highest BCUT2D eigenvalue weighted by atomic mass is 35.5. The van der Waals surface area contributed by atoms with E-state index in [9.17, 15) is 19.1 Å². The van der Waals surface area contributed by atoms with Crippen molar-refractivity contribution in [1.29, 1.82) is 0 Å². The second-order valence-corrected chi connectivity index (χ2v) is 8.22. The number of amides is 1. The van der Waals surface area contributed by atoms with Gasteiger partial charge in [-0.1, -0.05) is 35.9 Å². The van der Waals surface area contributed by atoms with Crippen molar-refractivity contribution < 1.29 is 23.8 Å². The first-order valence-electron chi connectivity index (χ1n) is 10.2. The third-order valence-corrected chi connectivity index (χ3v) is 6.15. The molecule has 0 aromatic heterocycles. The molecule has 1 N–H and O–H groups in total. The van der Waals surface area contributed by atoms with E-state index in [1.165, 1.54) is 30.2 Å². The standard InChI is InChI=1S/C26H21ClFNO4/c1-14-8-10-17(13-19(14)27)29-23(18-6-4-5-7-21(18)33-3)22(25(31)26(29)32)24(30)16-9-11-20(28)15(2)12-16/h4-13,23,30H,1-3H3/b24-22+. The molecule has 168 valence electrons. The molecule has 1 fully saturated rings. The fourth-order valence-electron chi connectivity index (χ4n) is 3.96. The third-order valence-electron chi connectivity index (χ3n) is 5.74. The van der Waals surface area contributed by atoms with Crippen LogP contribution in [0.1, 0.15) is 28.3 Å². The lowest BCUT2D eigenvalue weighted by Gasteiger charge is -2.27. The van der Waals surface area contributed by atoms with Gasteiger partial charge in [0.25, 0.3) is 11.7 Å². The van der Waals surface area contributed by atoms with Gasteiger partial charge in [0, 0.05) is 21.8 Å². The molecule has 0 bridgehead atoms. The van der Waals surface area contributed by atoms with E-state index in [1.54, 1.807) is 49.4 Å². The molecule has 4 rings (SSSR count). The number of rotatable bonds is 4. The molecule has 1 atom stereocenters. The number of hydrogen-bond donors (Lipinski definition) is 1. The van der Waals surface area contributed by atoms with Gasteiger partial charge in [0.15, 0.2) is 0 Å². The minimum Gasteiger partial charge on any atom is -0.507 e. The van der Waals surface area contributed by atoms with E-state index < -0.39 is 29.3 Å². The quantitative estimate of drug-likeness (QED) is 0.303. The molecular formula is C26H21ClFNO4. The summed E-state index contributed by atoms with van der Waals surface area (Å²) in [6.45, 7) is 3.38. The van der Waals surface area contributed by atoms with Crippen LogP contribution in [0.5, 0.6) is 5.75 Å². The number of carbonyl (C=O) groups excluding carboxylic acids is 2. The SMILES string of the molecule is COc1ccccc1C1/C(=C(\O)c2ccc(F)c(C)c2)C(=O)C(=O)N1c1ccc(C)c(Cl)c1. The van der Waals surface area contributed by atoms with Crippen LogP contribution in [0.4, 0.5) is 10.1 Å². The van der Waals surface area contributed by atoms with Crippen LogP contribution >= 0.6 is 11.6 Å². The maximum atomic E-state index is 13.8. The van der Waals surface area contributed by atoms with Gasteiger partial charge in [-0.05, 0) is 61.4 Å². The third kappa shape index (κ3) is 3.87. The lowest BCUT2D eigenvalue weighted by atomic mass is 9.94. The number of benzene rings is 3. The number of halogens is 2. The van der Waals surface area contributed by atoms with E-state index in [1.807, 2.05) is 6.92 Å². The highest BCUT2D eigenvalue weighted by Crippen LogP contribution is 2.45. The zero-order chi connectivity index (χ0) is 23.9. The Morgan fingerprint density at radius 2 is 1.76 bits per heavy atom. The summed E-state index contributed by atoms with van der Waals surface area (Å²) < 4.78 is 19.3. The fourth-order valence-corrected chi connectivity index (χ4v) is 4.14. The Hall–Kier alpha value is -3.64. The highest BCUT2D eigenvalue weighted by molar-refractivity contribution is 6.52. The number of aliphatic hydroxyl groups is 1. The number of aryl methyl sites for hydroxylation is 2. The molecule has 0 saturated carbocycles. The lowest BCUT2D eigenvalue weighted by molar-refractivity contribution is -0.132. The van der Waals surface area contributed by atoms with Gasteiger partial charge < -0.3 is 9.84 Å². The van der Waals surface area contributed by atoms with E-state index in [0.29, 0.717) is 27.6 Å². The van der Waals surface area contributed by atoms with Gasteiger partial charge in [-0.3, -0.25) is 14.5 Å². The number of ether oxygens (including phenoxy) is 1. The molecule has 1 aliphatic rings. The topological polar surface area (TPSA) is 66.8 Å². The first-order chi connectivity index (χ1) is 15.7. The molecule has 5 nitrogen and oxygen atoms in total. The van der Waals surface area contributed by atoms with E-state index in [-0.39, 0.29) is 11.1 Å². The predicted molar refractivity (Wildman–Crippen MR) is 125 cm³/mol. The van der Waals surface area contributed by atoms with E-state index >= 15 is 0 Å². The Morgan fingerprint density at radius 3 is 2.42 bits per heavy atom. The molecule has 1 unspecified atom stereocenters. The number of Topliss-reactive ketones (excluding diaryl/α,β-unsaturated/α-hetero) is 1. The normalized spacial score (nSPS) is 17.5. The maximum Gasteiger partial charge on any atom is 0.300 e. The van der Waals surface area contributed by atoms with Crippen molar-refractivity contribution in [2.45, 2.75) is 19.9 Å². The number of hydrogen-bond acceptors (Lipinski definition) is 4. The predicted octanol–water partition coefficient (Wildman–Crippen LogP) is 5.73. The van der Waals surface area contributed by atoms with Gasteiger partial charge in [-0.2, -0.15) is 0 Å². The van der Waals surface area contributed by atoms with Crippen molar-refractivity contribution >= 4 is 34.7 Å². The zero-order valence-electron chi connectivity index (χ0n) is 18.2. The molecule has 1 aliphatic heterocycles. The van der Waals surface area contributed by atoms with E-state index in [0.717, 1.165) is 5.56 Å². The summed E-state index contributed by atoms with van der Waals surface area (Å²) in [7, 11) is 1.48. The van der Waals surface area contributed by atoms with Gasteiger partial charge in [0.05, 0.1) is 18.7 Å². The molecule has 3 aromatic rings. The smallest absolute Gasteiger partial charge is 0.300 e. The molecule has 0 aliphatic carbocycles. The van der Waals surface area contributed by atoms with Crippen LogP contribution in [0.2, 0.25) is 5.02 Å². The largest absolute Gasteiger partial charge is 0.507 e. The van der Waals surface area contributed by atoms with Crippen LogP contribution in [0.15, 0.2) is 66.2 Å². The number of anilines is 1. The molecule has 0 spiro atoms. The Morgan fingerprint density at radius 1 is 1.03 bits per heavy atom. The van der Waals surface area contributed by atoms with Gasteiger partial charge in [0.2, 0.25) is 0 Å². The molecule has 1 amide bonds. The van der Waals surface area contributed by atoms with Crippen LogP contribution < -0.4 is 9.64 Å². The lowest BCUT2D eigenvalue weighted by Crippen LogP contribution is -2.29. The van der Waals surface area contributed by atoms with Crippen LogP contribution in [0.25, 0.3) is 5.76 Å². The second-order valence-electron chi connectivity index (χ2n) is 7.81. The Kier molecular flexibility index (Phi) is 5.95. The minimum atomic E-state index is -0.981. The average molecular weight is 466 g/mol. The Labute approximate surface area is 195 Å². The monoisotopic (exact) mass is 465 g/mol. The number of para-hydroxylation sites is 1. The summed E-state index contributed by atoms with van der Waals surface area (Å²) in [6, 6.07) is 15.0. The summed E-state index contributed by atoms with van der Waals surface area (Å²) in [6.07, 6.45) is 0. The van der Waals surface area contributed by atoms with Crippen LogP contribution in [-0.4, -0.2) is 23.9 Å². The zero-order valence-corrected chi connectivity index (χ0v) is 19.0. The summed E-state index contributed by atoms with van der Waals surface area (Å²) >= 11 is 6.31. The van der Waals surface area contributed by atoms with Crippen molar-refractivity contribution in [2.24, 2.45) is 0 Å². The summed E-state index contributed by atoms with van der Waals surface area (Å²) in [5.41, 5.74) is 2.13. The first kappa shape index (κ1) is 22.6. The van der Waals surface area contributed by atoms with Crippen molar-refractivity contribution in [3.8, 4) is 5.75 Å². The number of aliphatic hydroxyl groups excluding tert-OH is 1. The van der Waals surface area contributed by atoms with Crippen LogP contribution in [-0.2, 0) is 9.59 Å². The molecule has 3 aromatic carbocycles. The van der Waals surface area contributed by atoms with Crippen molar-refractivity contribution in [3.05, 3.63) is 99.3 Å². The highest BCUT2D eigenvalue weighted by Gasteiger charge is 2.48. The number of nitrogens with zero attached hydrogens (tertiary/aromatic N) is 1. The number of methoxy groups -OCH3 is 1. The first-order valence-corrected chi connectivity index (χ1v) is 10.6. The van der Waals surface area contributed by atoms with Crippen LogP contribution in [0, 0.1) is 19.7 Å². The van der Waals surface area contributed by atoms with Gasteiger partial charge >= 0.3 is 0 Å². The Balaban J connectivity index is 2.00. The molecule has 0 radical (unpaired) electrons. The van der Waals surface area contributed by atoms with Crippen molar-refractivity contribution in [1.82, 2.24) is 0 Å². The summed E-state index contributed by atoms with van der Waals surface area (Å²) in [5, 5.41) is 11.6. The molecule has 1 heterocycles.